The molecule has 0 fully saturated rings. The molecule has 0 aliphatic carbocycles. The monoisotopic (exact) mass is 640 g/mol. The van der Waals surface area contributed by atoms with Crippen LogP contribution in [0.3, 0.4) is 0 Å². The number of carbonyl (C=O) groups is 2. The summed E-state index contributed by atoms with van der Waals surface area (Å²) in [7, 11) is -3.61. The summed E-state index contributed by atoms with van der Waals surface area (Å²) in [4.78, 5) is 26.2. The summed E-state index contributed by atoms with van der Waals surface area (Å²) in [5, 5.41) is 5.93. The van der Waals surface area contributed by atoms with E-state index in [1.165, 1.54) is 11.4 Å². The van der Waals surface area contributed by atoms with Gasteiger partial charge in [-0.05, 0) is 83.1 Å². The van der Waals surface area contributed by atoms with Crippen molar-refractivity contribution < 1.29 is 32.7 Å². The van der Waals surface area contributed by atoms with E-state index in [2.05, 4.69) is 10.2 Å². The number of esters is 2. The van der Waals surface area contributed by atoms with Crippen LogP contribution in [0.2, 0.25) is 0 Å². The maximum Gasteiger partial charge on any atom is 0.323 e. The van der Waals surface area contributed by atoms with Crippen molar-refractivity contribution in [3.05, 3.63) is 60.7 Å². The first-order chi connectivity index (χ1) is 19.6. The zero-order valence-corrected chi connectivity index (χ0v) is 28.4. The molecular weight excluding hydrogens is 594 g/mol. The van der Waals surface area contributed by atoms with Crippen molar-refractivity contribution in [2.24, 2.45) is 0 Å². The average molecular weight is 641 g/mol. The Morgan fingerprint density at radius 1 is 0.738 bits per heavy atom. The summed E-state index contributed by atoms with van der Waals surface area (Å²) in [6, 6.07) is 16.5. The van der Waals surface area contributed by atoms with E-state index in [1.54, 1.807) is 65.8 Å². The normalized spacial score (nSPS) is 17.4. The Morgan fingerprint density at radius 2 is 1.26 bits per heavy atom. The van der Waals surface area contributed by atoms with Crippen LogP contribution in [0.4, 0.5) is 0 Å². The van der Waals surface area contributed by atoms with Gasteiger partial charge in [-0.2, -0.15) is 0 Å². The fourth-order valence-electron chi connectivity index (χ4n) is 3.79. The number of ether oxygens (including phenoxy) is 2. The highest BCUT2D eigenvalue weighted by atomic mass is 32.7. The van der Waals surface area contributed by atoms with Crippen molar-refractivity contribution in [2.75, 3.05) is 0 Å². The highest BCUT2D eigenvalue weighted by Crippen LogP contribution is 2.62. The van der Waals surface area contributed by atoms with Gasteiger partial charge >= 0.3 is 19.5 Å². The number of carbonyl (C=O) groups excluding carboxylic acids is 2. The van der Waals surface area contributed by atoms with Gasteiger partial charge in [0.25, 0.3) is 0 Å². The second kappa shape index (κ2) is 16.7. The molecular formula is C30H46N2O7P2S. The van der Waals surface area contributed by atoms with Crippen LogP contribution < -0.4 is 14.7 Å². The molecule has 0 spiro atoms. The Labute approximate surface area is 254 Å². The summed E-state index contributed by atoms with van der Waals surface area (Å²) >= 11 is 1.24. The molecule has 0 radical (unpaired) electrons. The third-order valence-corrected chi connectivity index (χ3v) is 14.9. The Bertz CT molecular complexity index is 1230. The molecule has 234 valence electrons. The van der Waals surface area contributed by atoms with Crippen LogP contribution in [0, 0.1) is 0 Å². The molecule has 0 amide bonds. The van der Waals surface area contributed by atoms with Crippen LogP contribution in [0.5, 0.6) is 5.75 Å². The van der Waals surface area contributed by atoms with Crippen LogP contribution in [-0.2, 0) is 28.2 Å². The van der Waals surface area contributed by atoms with E-state index in [4.69, 9.17) is 14.0 Å². The predicted octanol–water partition coefficient (Wildman–Crippen LogP) is 7.66. The van der Waals surface area contributed by atoms with Crippen molar-refractivity contribution in [3.8, 4) is 5.75 Å². The second-order valence-electron chi connectivity index (χ2n) is 11.0. The molecule has 2 aromatic rings. The Hall–Kier alpha value is -2.09. The lowest BCUT2D eigenvalue weighted by atomic mass is 10.2. The highest BCUT2D eigenvalue weighted by molar-refractivity contribution is 8.57. The molecule has 2 rings (SSSR count). The van der Waals surface area contributed by atoms with E-state index in [9.17, 15) is 18.7 Å². The maximum atomic E-state index is 14.1. The number of hydrogen-bond donors (Lipinski definition) is 2. The smallest absolute Gasteiger partial charge is 0.323 e. The van der Waals surface area contributed by atoms with E-state index in [1.807, 2.05) is 50.2 Å². The minimum absolute atomic E-state index is 0.206. The molecule has 0 saturated heterocycles. The fourth-order valence-corrected chi connectivity index (χ4v) is 10.2. The van der Waals surface area contributed by atoms with E-state index < -0.39 is 49.8 Å². The molecule has 4 unspecified atom stereocenters. The number of nitrogens with one attached hydrogen (secondary N) is 2. The molecule has 0 aromatic heterocycles. The molecule has 9 nitrogen and oxygen atoms in total. The maximum absolute atomic E-state index is 14.1. The van der Waals surface area contributed by atoms with Crippen molar-refractivity contribution in [1.29, 1.82) is 0 Å². The van der Waals surface area contributed by atoms with Gasteiger partial charge < -0.3 is 14.0 Å². The van der Waals surface area contributed by atoms with E-state index in [-0.39, 0.29) is 11.8 Å². The summed E-state index contributed by atoms with van der Waals surface area (Å²) < 4.78 is 44.7. The van der Waals surface area contributed by atoms with Gasteiger partial charge in [-0.3, -0.25) is 18.7 Å². The lowest BCUT2D eigenvalue weighted by Crippen LogP contribution is -2.38. The van der Waals surface area contributed by atoms with Gasteiger partial charge in [0, 0.05) is 10.6 Å². The van der Waals surface area contributed by atoms with Crippen molar-refractivity contribution >= 4 is 37.3 Å². The van der Waals surface area contributed by atoms with Crippen LogP contribution >= 0.6 is 25.4 Å². The predicted molar refractivity (Wildman–Crippen MR) is 170 cm³/mol. The van der Waals surface area contributed by atoms with Gasteiger partial charge in [0.05, 0.1) is 17.9 Å². The van der Waals surface area contributed by atoms with E-state index >= 15 is 0 Å². The molecule has 12 heteroatoms. The number of rotatable bonds is 17. The first kappa shape index (κ1) is 36.1. The summed E-state index contributed by atoms with van der Waals surface area (Å²) in [5.74, 6) is -0.634. The molecule has 0 heterocycles. The summed E-state index contributed by atoms with van der Waals surface area (Å²) in [6.45, 7) is 11.0. The van der Waals surface area contributed by atoms with Gasteiger partial charge in [0.15, 0.2) is 0 Å². The molecule has 0 bridgehead atoms. The average Bonchev–Trinajstić information content (AvgIpc) is 2.92. The van der Waals surface area contributed by atoms with Crippen molar-refractivity contribution in [2.45, 2.75) is 109 Å². The molecule has 6 atom stereocenters. The highest BCUT2D eigenvalue weighted by Gasteiger charge is 2.37. The first-order valence-electron chi connectivity index (χ1n) is 14.3. The number of para-hydroxylation sites is 1. The Morgan fingerprint density at radius 3 is 1.81 bits per heavy atom. The topological polar surface area (TPSA) is 120 Å². The molecule has 0 aliphatic rings. The molecule has 42 heavy (non-hydrogen) atoms. The molecule has 2 aromatic carbocycles. The quantitative estimate of drug-likeness (QED) is 0.132. The third-order valence-electron chi connectivity index (χ3n) is 6.34. The van der Waals surface area contributed by atoms with Gasteiger partial charge in [-0.15, -0.1) is 0 Å². The summed E-state index contributed by atoms with van der Waals surface area (Å²) in [5.41, 5.74) is -0.727. The van der Waals surface area contributed by atoms with Crippen molar-refractivity contribution in [3.63, 3.8) is 0 Å². The van der Waals surface area contributed by atoms with E-state index in [0.29, 0.717) is 18.6 Å². The minimum atomic E-state index is -3.61. The number of benzene rings is 2. The molecule has 0 aliphatic heterocycles. The van der Waals surface area contributed by atoms with Crippen LogP contribution in [-0.4, -0.2) is 47.5 Å². The first-order valence-corrected chi connectivity index (χ1v) is 19.2. The SMILES string of the molecule is CC(C)OC(=O)[C@H](C)NP(=O)(Oc1ccccc1)C(C)CCC(C)OC(=O)[C@@H](C)NP(=O)(Sc1ccccc1)C(C)C. The lowest BCUT2D eigenvalue weighted by molar-refractivity contribution is -0.150. The molecule has 2 N–H and O–H groups in total. The minimum Gasteiger partial charge on any atom is -0.462 e. The van der Waals surface area contributed by atoms with E-state index in [0.717, 1.165) is 4.90 Å². The molecule has 0 saturated carbocycles. The largest absolute Gasteiger partial charge is 0.462 e. The van der Waals surface area contributed by atoms with Gasteiger partial charge in [0.2, 0.25) is 6.49 Å². The van der Waals surface area contributed by atoms with Crippen molar-refractivity contribution in [1.82, 2.24) is 10.2 Å². The van der Waals surface area contributed by atoms with Gasteiger partial charge in [-0.25, -0.2) is 10.2 Å². The fraction of sp³-hybridized carbons (Fsp3) is 0.533. The Balaban J connectivity index is 2.03. The van der Waals surface area contributed by atoms with Gasteiger partial charge in [-0.1, -0.05) is 57.2 Å². The number of hydrogen-bond acceptors (Lipinski definition) is 8. The standard InChI is InChI=1S/C30H46N2O7P2S/c1-21(2)37-29(33)25(7)31-40(35,39-27-15-11-9-12-16-27)24(6)20-19-23(5)38-30(34)26(8)32-41(36,22(3)4)42-28-17-13-10-14-18-28/h9-18,21-26H,19-20H2,1-8H3,(H,31,35)(H,32,36)/t23?,24?,25-,26+,40?,41?/m0/s1. The lowest BCUT2D eigenvalue weighted by Gasteiger charge is -2.29. The summed E-state index contributed by atoms with van der Waals surface area (Å²) in [6.07, 6.45) is -0.0342. The zero-order valence-electron chi connectivity index (χ0n) is 25.8. The zero-order chi connectivity index (χ0) is 31.5. The van der Waals surface area contributed by atoms with Crippen LogP contribution in [0.1, 0.15) is 68.2 Å². The third kappa shape index (κ3) is 11.5. The second-order valence-corrected chi connectivity index (χ2v) is 18.8. The van der Waals surface area contributed by atoms with Crippen LogP contribution in [0.25, 0.3) is 0 Å². The van der Waals surface area contributed by atoms with Crippen LogP contribution in [0.15, 0.2) is 65.6 Å². The van der Waals surface area contributed by atoms with Gasteiger partial charge in [0.1, 0.15) is 17.8 Å². The Kier molecular flexibility index (Phi) is 14.3.